The molecule has 1 aliphatic heterocycles. The third kappa shape index (κ3) is 3.02. The number of nitrogens with one attached hydrogen (secondary N) is 1. The van der Waals surface area contributed by atoms with Gasteiger partial charge in [0.15, 0.2) is 0 Å². The van der Waals surface area contributed by atoms with Gasteiger partial charge in [0.25, 0.3) is 5.56 Å². The first-order valence-corrected chi connectivity index (χ1v) is 8.94. The van der Waals surface area contributed by atoms with E-state index in [1.807, 2.05) is 36.6 Å². The molecule has 128 valence electrons. The summed E-state index contributed by atoms with van der Waals surface area (Å²) in [5, 5.41) is 4.74. The van der Waals surface area contributed by atoms with Crippen molar-refractivity contribution >= 4 is 27.5 Å². The van der Waals surface area contributed by atoms with Crippen LogP contribution in [0, 0.1) is 6.92 Å². The first-order valence-electron chi connectivity index (χ1n) is 8.06. The summed E-state index contributed by atoms with van der Waals surface area (Å²) in [6.45, 7) is 2.29. The number of amides is 1. The number of thiophene rings is 1. The molecule has 1 atom stereocenters. The number of benzene rings is 1. The van der Waals surface area contributed by atoms with Crippen molar-refractivity contribution in [1.82, 2.24) is 14.9 Å². The number of para-hydroxylation sites is 1. The van der Waals surface area contributed by atoms with Crippen molar-refractivity contribution in [2.75, 3.05) is 6.54 Å². The molecule has 25 heavy (non-hydrogen) atoms. The van der Waals surface area contributed by atoms with Gasteiger partial charge in [-0.2, -0.15) is 0 Å². The Morgan fingerprint density at radius 3 is 3.12 bits per heavy atom. The van der Waals surface area contributed by atoms with Crippen molar-refractivity contribution in [1.29, 1.82) is 0 Å². The molecule has 1 unspecified atom stereocenters. The number of fused-ring (bicyclic) bond motifs is 2. The highest BCUT2D eigenvalue weighted by molar-refractivity contribution is 7.17. The fraction of sp³-hybridized carbons (Fsp3) is 0.278. The van der Waals surface area contributed by atoms with Crippen molar-refractivity contribution in [2.24, 2.45) is 0 Å². The molecule has 6 nitrogen and oxygen atoms in total. The SMILES string of the molecule is Cc1csc2c(=O)n(CC(=O)NCC3Cc4ccccc4O3)cnc12. The number of hydrogen-bond donors (Lipinski definition) is 1. The lowest BCUT2D eigenvalue weighted by Gasteiger charge is -2.12. The van der Waals surface area contributed by atoms with Gasteiger partial charge in [0.1, 0.15) is 23.1 Å². The highest BCUT2D eigenvalue weighted by atomic mass is 32.1. The lowest BCUT2D eigenvalue weighted by Crippen LogP contribution is -2.38. The molecule has 0 spiro atoms. The van der Waals surface area contributed by atoms with E-state index in [0.29, 0.717) is 16.8 Å². The largest absolute Gasteiger partial charge is 0.488 e. The van der Waals surface area contributed by atoms with Gasteiger partial charge in [-0.1, -0.05) is 18.2 Å². The first-order chi connectivity index (χ1) is 12.1. The van der Waals surface area contributed by atoms with Gasteiger partial charge >= 0.3 is 0 Å². The van der Waals surface area contributed by atoms with E-state index in [2.05, 4.69) is 10.3 Å². The van der Waals surface area contributed by atoms with Crippen LogP contribution in [-0.2, 0) is 17.8 Å². The molecule has 2 aromatic heterocycles. The Balaban J connectivity index is 1.38. The van der Waals surface area contributed by atoms with E-state index in [1.165, 1.54) is 22.2 Å². The Hall–Kier alpha value is -2.67. The average Bonchev–Trinajstić information content (AvgIpc) is 3.19. The second-order valence-electron chi connectivity index (χ2n) is 6.13. The second-order valence-corrected chi connectivity index (χ2v) is 7.01. The second kappa shape index (κ2) is 6.33. The number of nitrogens with zero attached hydrogens (tertiary/aromatic N) is 2. The number of ether oxygens (including phenoxy) is 1. The van der Waals surface area contributed by atoms with E-state index in [1.54, 1.807) is 0 Å². The van der Waals surface area contributed by atoms with Crippen LogP contribution in [0.2, 0.25) is 0 Å². The van der Waals surface area contributed by atoms with Crippen LogP contribution in [0.15, 0.2) is 40.8 Å². The highest BCUT2D eigenvalue weighted by Crippen LogP contribution is 2.27. The van der Waals surface area contributed by atoms with E-state index in [4.69, 9.17) is 4.74 Å². The zero-order valence-electron chi connectivity index (χ0n) is 13.7. The van der Waals surface area contributed by atoms with Crippen LogP contribution < -0.4 is 15.6 Å². The van der Waals surface area contributed by atoms with Crippen LogP contribution >= 0.6 is 11.3 Å². The van der Waals surface area contributed by atoms with E-state index < -0.39 is 0 Å². The van der Waals surface area contributed by atoms with Gasteiger partial charge in [-0.25, -0.2) is 4.98 Å². The van der Waals surface area contributed by atoms with E-state index in [9.17, 15) is 9.59 Å². The topological polar surface area (TPSA) is 73.2 Å². The number of aryl methyl sites for hydroxylation is 1. The fourth-order valence-corrected chi connectivity index (χ4v) is 3.93. The number of carbonyl (C=O) groups is 1. The Morgan fingerprint density at radius 2 is 2.28 bits per heavy atom. The van der Waals surface area contributed by atoms with Gasteiger partial charge in [-0.15, -0.1) is 11.3 Å². The van der Waals surface area contributed by atoms with Gasteiger partial charge in [0.05, 0.1) is 18.4 Å². The van der Waals surface area contributed by atoms with E-state index in [0.717, 1.165) is 23.3 Å². The Morgan fingerprint density at radius 1 is 1.44 bits per heavy atom. The van der Waals surface area contributed by atoms with Gasteiger partial charge in [0.2, 0.25) is 5.91 Å². The van der Waals surface area contributed by atoms with Crippen LogP contribution in [0.4, 0.5) is 0 Å². The molecule has 1 N–H and O–H groups in total. The number of hydrogen-bond acceptors (Lipinski definition) is 5. The predicted octanol–water partition coefficient (Wildman–Crippen LogP) is 1.89. The summed E-state index contributed by atoms with van der Waals surface area (Å²) in [4.78, 5) is 28.9. The monoisotopic (exact) mass is 355 g/mol. The molecule has 3 aromatic rings. The quantitative estimate of drug-likeness (QED) is 0.776. The predicted molar refractivity (Wildman–Crippen MR) is 96.2 cm³/mol. The van der Waals surface area contributed by atoms with Crippen LogP contribution in [0.5, 0.6) is 5.75 Å². The number of carbonyl (C=O) groups excluding carboxylic acids is 1. The number of rotatable bonds is 4. The van der Waals surface area contributed by atoms with Crippen LogP contribution in [0.25, 0.3) is 10.2 Å². The first kappa shape index (κ1) is 15.8. The third-order valence-corrected chi connectivity index (χ3v) is 5.35. The zero-order chi connectivity index (χ0) is 17.4. The van der Waals surface area contributed by atoms with Crippen LogP contribution in [0.3, 0.4) is 0 Å². The Bertz CT molecular complexity index is 983. The van der Waals surface area contributed by atoms with Gasteiger partial charge in [0, 0.05) is 6.42 Å². The average molecular weight is 355 g/mol. The molecule has 1 aliphatic rings. The highest BCUT2D eigenvalue weighted by Gasteiger charge is 2.22. The molecule has 7 heteroatoms. The lowest BCUT2D eigenvalue weighted by atomic mass is 10.1. The summed E-state index contributed by atoms with van der Waals surface area (Å²) in [5.41, 5.74) is 2.67. The molecular weight excluding hydrogens is 338 g/mol. The smallest absolute Gasteiger partial charge is 0.271 e. The molecule has 4 rings (SSSR count). The van der Waals surface area contributed by atoms with Crippen molar-refractivity contribution in [3.63, 3.8) is 0 Å². The summed E-state index contributed by atoms with van der Waals surface area (Å²) in [7, 11) is 0. The molecule has 0 radical (unpaired) electrons. The maximum absolute atomic E-state index is 12.4. The van der Waals surface area contributed by atoms with E-state index in [-0.39, 0.29) is 24.1 Å². The molecule has 1 amide bonds. The molecule has 1 aromatic carbocycles. The molecule has 0 saturated heterocycles. The zero-order valence-corrected chi connectivity index (χ0v) is 14.5. The summed E-state index contributed by atoms with van der Waals surface area (Å²) in [6, 6.07) is 7.87. The van der Waals surface area contributed by atoms with Crippen molar-refractivity contribution in [3.8, 4) is 5.75 Å². The van der Waals surface area contributed by atoms with Crippen LogP contribution in [-0.4, -0.2) is 28.1 Å². The van der Waals surface area contributed by atoms with Crippen molar-refractivity contribution in [2.45, 2.75) is 26.0 Å². The Labute approximate surface area is 148 Å². The van der Waals surface area contributed by atoms with Crippen molar-refractivity contribution < 1.29 is 9.53 Å². The standard InChI is InChI=1S/C18H17N3O3S/c1-11-9-25-17-16(11)20-10-21(18(17)23)8-15(22)19-7-13-6-12-4-2-3-5-14(12)24-13/h2-5,9-10,13H,6-8H2,1H3,(H,19,22). The van der Waals surface area contributed by atoms with Crippen LogP contribution in [0.1, 0.15) is 11.1 Å². The van der Waals surface area contributed by atoms with Gasteiger partial charge in [-0.3, -0.25) is 14.2 Å². The summed E-state index contributed by atoms with van der Waals surface area (Å²) >= 11 is 1.36. The fourth-order valence-electron chi connectivity index (χ4n) is 2.98. The molecule has 0 bridgehead atoms. The molecule has 0 fully saturated rings. The Kier molecular flexibility index (Phi) is 4.01. The van der Waals surface area contributed by atoms with Crippen molar-refractivity contribution in [3.05, 3.63) is 57.5 Å². The maximum Gasteiger partial charge on any atom is 0.271 e. The van der Waals surface area contributed by atoms with Gasteiger partial charge in [-0.05, 0) is 29.5 Å². The lowest BCUT2D eigenvalue weighted by molar-refractivity contribution is -0.122. The minimum Gasteiger partial charge on any atom is -0.488 e. The third-order valence-electron chi connectivity index (χ3n) is 4.28. The minimum atomic E-state index is -0.226. The maximum atomic E-state index is 12.4. The minimum absolute atomic E-state index is 0.0433. The molecule has 3 heterocycles. The molecular formula is C18H17N3O3S. The normalized spacial score (nSPS) is 15.8. The molecule has 0 saturated carbocycles. The number of aromatic nitrogens is 2. The summed E-state index contributed by atoms with van der Waals surface area (Å²) in [6.07, 6.45) is 2.14. The van der Waals surface area contributed by atoms with E-state index >= 15 is 0 Å². The van der Waals surface area contributed by atoms with Gasteiger partial charge < -0.3 is 10.1 Å². The summed E-state index contributed by atoms with van der Waals surface area (Å²) < 4.78 is 7.73. The molecule has 0 aliphatic carbocycles. The summed E-state index contributed by atoms with van der Waals surface area (Å²) in [5.74, 6) is 0.650.